The number of pyridine rings is 3. The number of nitrogens with zero attached hydrogens (tertiary/aromatic N) is 4. The van der Waals surface area contributed by atoms with Crippen LogP contribution in [0.3, 0.4) is 0 Å². The summed E-state index contributed by atoms with van der Waals surface area (Å²) in [6.45, 7) is 6.68. The highest BCUT2D eigenvalue weighted by molar-refractivity contribution is 5.98. The van der Waals surface area contributed by atoms with Crippen molar-refractivity contribution in [2.75, 3.05) is 36.5 Å². The summed E-state index contributed by atoms with van der Waals surface area (Å²) in [4.78, 5) is 15.6. The second-order valence-corrected chi connectivity index (χ2v) is 8.12. The van der Waals surface area contributed by atoms with Crippen LogP contribution < -0.4 is 10.2 Å². The van der Waals surface area contributed by atoms with Gasteiger partial charge in [-0.05, 0) is 31.5 Å². The molecule has 4 heterocycles. The van der Waals surface area contributed by atoms with Gasteiger partial charge in [0.05, 0.1) is 65.0 Å². The normalized spacial score (nSPS) is 14.0. The van der Waals surface area contributed by atoms with Gasteiger partial charge in [0.25, 0.3) is 0 Å². The number of aromatic nitrogens is 3. The molecule has 5 rings (SSSR count). The molecule has 1 aliphatic rings. The SMILES string of the molecule is Cc1ccc(-c2nc3cc(F)cc(F)c3c(Nc3cncc(N4CCOCC4)c3)c2C)nc1. The minimum Gasteiger partial charge on any atom is -0.378 e. The van der Waals surface area contributed by atoms with Crippen LogP contribution in [0.5, 0.6) is 0 Å². The Balaban J connectivity index is 1.64. The van der Waals surface area contributed by atoms with E-state index in [0.29, 0.717) is 41.5 Å². The molecule has 1 aromatic carbocycles. The van der Waals surface area contributed by atoms with Gasteiger partial charge in [0.2, 0.25) is 0 Å². The molecule has 0 unspecified atom stereocenters. The van der Waals surface area contributed by atoms with E-state index in [4.69, 9.17) is 4.74 Å². The zero-order valence-electron chi connectivity index (χ0n) is 18.4. The maximum absolute atomic E-state index is 15.0. The van der Waals surface area contributed by atoms with Crippen LogP contribution in [0.4, 0.5) is 25.8 Å². The van der Waals surface area contributed by atoms with E-state index in [1.165, 1.54) is 6.07 Å². The van der Waals surface area contributed by atoms with Gasteiger partial charge in [-0.1, -0.05) is 6.07 Å². The largest absolute Gasteiger partial charge is 0.378 e. The van der Waals surface area contributed by atoms with Crippen molar-refractivity contribution >= 4 is 28.0 Å². The second-order valence-electron chi connectivity index (χ2n) is 8.12. The van der Waals surface area contributed by atoms with Gasteiger partial charge < -0.3 is 15.0 Å². The molecule has 3 aromatic heterocycles. The number of anilines is 3. The van der Waals surface area contributed by atoms with Gasteiger partial charge in [0.15, 0.2) is 0 Å². The molecule has 1 N–H and O–H groups in total. The van der Waals surface area contributed by atoms with E-state index in [0.717, 1.165) is 30.4 Å². The Labute approximate surface area is 190 Å². The van der Waals surface area contributed by atoms with Gasteiger partial charge in [-0.15, -0.1) is 0 Å². The highest BCUT2D eigenvalue weighted by Crippen LogP contribution is 2.36. The van der Waals surface area contributed by atoms with E-state index in [-0.39, 0.29) is 10.9 Å². The molecule has 0 bridgehead atoms. The Morgan fingerprint density at radius 1 is 1.00 bits per heavy atom. The molecule has 1 aliphatic heterocycles. The maximum Gasteiger partial charge on any atom is 0.137 e. The maximum atomic E-state index is 15.0. The molecule has 33 heavy (non-hydrogen) atoms. The molecule has 0 atom stereocenters. The first kappa shape index (κ1) is 21.2. The van der Waals surface area contributed by atoms with Crippen molar-refractivity contribution in [1.29, 1.82) is 0 Å². The number of ether oxygens (including phenoxy) is 1. The summed E-state index contributed by atoms with van der Waals surface area (Å²) in [7, 11) is 0. The highest BCUT2D eigenvalue weighted by Gasteiger charge is 2.19. The number of benzene rings is 1. The fourth-order valence-electron chi connectivity index (χ4n) is 4.05. The van der Waals surface area contributed by atoms with E-state index >= 15 is 0 Å². The fraction of sp³-hybridized carbons (Fsp3) is 0.240. The van der Waals surface area contributed by atoms with E-state index in [1.54, 1.807) is 18.6 Å². The first-order valence-corrected chi connectivity index (χ1v) is 10.8. The van der Waals surface area contributed by atoms with Crippen LogP contribution in [-0.2, 0) is 4.74 Å². The Morgan fingerprint density at radius 3 is 2.58 bits per heavy atom. The van der Waals surface area contributed by atoms with Gasteiger partial charge in [-0.25, -0.2) is 13.8 Å². The molecule has 0 amide bonds. The van der Waals surface area contributed by atoms with Crippen LogP contribution in [0.1, 0.15) is 11.1 Å². The average Bonchev–Trinajstić information content (AvgIpc) is 2.82. The van der Waals surface area contributed by atoms with Crippen molar-refractivity contribution < 1.29 is 13.5 Å². The number of fused-ring (bicyclic) bond motifs is 1. The number of aryl methyl sites for hydroxylation is 1. The monoisotopic (exact) mass is 447 g/mol. The molecule has 4 aromatic rings. The predicted octanol–water partition coefficient (Wildman–Crippen LogP) is 5.17. The fourth-order valence-corrected chi connectivity index (χ4v) is 4.05. The summed E-state index contributed by atoms with van der Waals surface area (Å²) in [5, 5.41) is 3.55. The minimum absolute atomic E-state index is 0.218. The van der Waals surface area contributed by atoms with Crippen molar-refractivity contribution in [2.24, 2.45) is 0 Å². The highest BCUT2D eigenvalue weighted by atomic mass is 19.1. The van der Waals surface area contributed by atoms with Crippen LogP contribution in [-0.4, -0.2) is 41.3 Å². The van der Waals surface area contributed by atoms with Gasteiger partial charge in [-0.2, -0.15) is 0 Å². The molecule has 168 valence electrons. The van der Waals surface area contributed by atoms with Crippen molar-refractivity contribution in [3.8, 4) is 11.4 Å². The first-order valence-electron chi connectivity index (χ1n) is 10.8. The van der Waals surface area contributed by atoms with Crippen LogP contribution in [0.25, 0.3) is 22.3 Å². The Kier molecular flexibility index (Phi) is 5.60. The summed E-state index contributed by atoms with van der Waals surface area (Å²) >= 11 is 0. The minimum atomic E-state index is -0.680. The van der Waals surface area contributed by atoms with E-state index in [2.05, 4.69) is 25.2 Å². The number of morpholine rings is 1. The molecule has 8 heteroatoms. The molecule has 0 spiro atoms. The van der Waals surface area contributed by atoms with Gasteiger partial charge >= 0.3 is 0 Å². The molecule has 6 nitrogen and oxygen atoms in total. The van der Waals surface area contributed by atoms with Crippen LogP contribution in [0.15, 0.2) is 48.9 Å². The molecular formula is C25H23F2N5O. The van der Waals surface area contributed by atoms with E-state index in [1.807, 2.05) is 32.0 Å². The van der Waals surface area contributed by atoms with E-state index < -0.39 is 11.6 Å². The van der Waals surface area contributed by atoms with Crippen molar-refractivity contribution in [2.45, 2.75) is 13.8 Å². The quantitative estimate of drug-likeness (QED) is 0.466. The second kappa shape index (κ2) is 8.71. The van der Waals surface area contributed by atoms with Gasteiger partial charge in [-0.3, -0.25) is 9.97 Å². The predicted molar refractivity (Wildman–Crippen MR) is 125 cm³/mol. The zero-order valence-corrected chi connectivity index (χ0v) is 18.4. The Bertz CT molecular complexity index is 1320. The number of nitrogens with one attached hydrogen (secondary N) is 1. The lowest BCUT2D eigenvalue weighted by Gasteiger charge is -2.28. The molecular weight excluding hydrogens is 424 g/mol. The third-order valence-electron chi connectivity index (χ3n) is 5.77. The lowest BCUT2D eigenvalue weighted by Crippen LogP contribution is -2.36. The van der Waals surface area contributed by atoms with Gasteiger partial charge in [0, 0.05) is 37.0 Å². The average molecular weight is 447 g/mol. The summed E-state index contributed by atoms with van der Waals surface area (Å²) < 4.78 is 34.5. The van der Waals surface area contributed by atoms with Gasteiger partial charge in [0.1, 0.15) is 11.6 Å². The summed E-state index contributed by atoms with van der Waals surface area (Å²) in [6, 6.07) is 7.87. The van der Waals surface area contributed by atoms with Crippen molar-refractivity contribution in [1.82, 2.24) is 15.0 Å². The van der Waals surface area contributed by atoms with Crippen LogP contribution >= 0.6 is 0 Å². The lowest BCUT2D eigenvalue weighted by atomic mass is 10.0. The van der Waals surface area contributed by atoms with Crippen molar-refractivity contribution in [3.05, 3.63) is 71.7 Å². The molecule has 1 saturated heterocycles. The number of hydrogen-bond acceptors (Lipinski definition) is 6. The number of halogens is 2. The Hall–Kier alpha value is -3.65. The third kappa shape index (κ3) is 4.21. The molecule has 0 saturated carbocycles. The smallest absolute Gasteiger partial charge is 0.137 e. The first-order chi connectivity index (χ1) is 16.0. The number of rotatable bonds is 4. The van der Waals surface area contributed by atoms with Crippen LogP contribution in [0, 0.1) is 25.5 Å². The van der Waals surface area contributed by atoms with Crippen molar-refractivity contribution in [3.63, 3.8) is 0 Å². The Morgan fingerprint density at radius 2 is 1.82 bits per heavy atom. The standard InChI is InChI=1S/C25H23F2N5O/c1-15-3-4-21(29-12-15)24-16(2)25(23-20(27)9-17(26)10-22(23)31-24)30-18-11-19(14-28-13-18)32-5-7-33-8-6-32/h3-4,9-14H,5-8H2,1-2H3,(H,30,31). The summed E-state index contributed by atoms with van der Waals surface area (Å²) in [5.41, 5.74) is 5.29. The topological polar surface area (TPSA) is 63.2 Å². The summed E-state index contributed by atoms with van der Waals surface area (Å²) in [5.74, 6) is -1.36. The third-order valence-corrected chi connectivity index (χ3v) is 5.77. The lowest BCUT2D eigenvalue weighted by molar-refractivity contribution is 0.122. The van der Waals surface area contributed by atoms with E-state index in [9.17, 15) is 8.78 Å². The number of hydrogen-bond donors (Lipinski definition) is 1. The molecule has 0 radical (unpaired) electrons. The molecule has 0 aliphatic carbocycles. The summed E-state index contributed by atoms with van der Waals surface area (Å²) in [6.07, 6.45) is 5.22. The zero-order chi connectivity index (χ0) is 22.9. The van der Waals surface area contributed by atoms with Crippen LogP contribution in [0.2, 0.25) is 0 Å². The molecule has 1 fully saturated rings.